The van der Waals surface area contributed by atoms with Crippen LogP contribution in [-0.2, 0) is 4.79 Å². The molecular weight excluding hydrogens is 216 g/mol. The summed E-state index contributed by atoms with van der Waals surface area (Å²) >= 11 is 0. The van der Waals surface area contributed by atoms with E-state index in [4.69, 9.17) is 0 Å². The molecule has 2 atom stereocenters. The zero-order valence-electron chi connectivity index (χ0n) is 11.5. The minimum Gasteiger partial charge on any atom is -0.391 e. The Kier molecular flexibility index (Phi) is 4.95. The van der Waals surface area contributed by atoms with Crippen LogP contribution in [0.3, 0.4) is 0 Å². The fourth-order valence-corrected chi connectivity index (χ4v) is 2.42. The lowest BCUT2D eigenvalue weighted by Gasteiger charge is -2.34. The summed E-state index contributed by atoms with van der Waals surface area (Å²) in [6.07, 6.45) is 2.22. The SMILES string of the molecule is CNC1CCCN(CC(O)CC(C)(C)C)C1=O. The van der Waals surface area contributed by atoms with Gasteiger partial charge in [0, 0.05) is 13.1 Å². The Morgan fingerprint density at radius 3 is 2.71 bits per heavy atom. The van der Waals surface area contributed by atoms with E-state index >= 15 is 0 Å². The number of likely N-dealkylation sites (N-methyl/N-ethyl adjacent to an activating group) is 1. The van der Waals surface area contributed by atoms with E-state index in [1.165, 1.54) is 0 Å². The number of carbonyl (C=O) groups is 1. The topological polar surface area (TPSA) is 52.6 Å². The number of likely N-dealkylation sites (tertiary alicyclic amines) is 1. The largest absolute Gasteiger partial charge is 0.391 e. The third kappa shape index (κ3) is 4.64. The number of hydrogen-bond donors (Lipinski definition) is 2. The van der Waals surface area contributed by atoms with Gasteiger partial charge in [-0.05, 0) is 31.7 Å². The third-order valence-electron chi connectivity index (χ3n) is 3.16. The lowest BCUT2D eigenvalue weighted by Crippen LogP contribution is -2.51. The zero-order valence-corrected chi connectivity index (χ0v) is 11.5. The van der Waals surface area contributed by atoms with Gasteiger partial charge in [0.05, 0.1) is 12.1 Å². The highest BCUT2D eigenvalue weighted by Gasteiger charge is 2.29. The summed E-state index contributed by atoms with van der Waals surface area (Å²) in [6.45, 7) is 7.55. The monoisotopic (exact) mass is 242 g/mol. The van der Waals surface area contributed by atoms with Crippen molar-refractivity contribution in [3.05, 3.63) is 0 Å². The molecule has 0 aromatic heterocycles. The van der Waals surface area contributed by atoms with E-state index < -0.39 is 6.10 Å². The van der Waals surface area contributed by atoms with Crippen LogP contribution in [0, 0.1) is 5.41 Å². The highest BCUT2D eigenvalue weighted by molar-refractivity contribution is 5.82. The number of piperidine rings is 1. The smallest absolute Gasteiger partial charge is 0.239 e. The second kappa shape index (κ2) is 5.83. The molecule has 4 heteroatoms. The Labute approximate surface area is 104 Å². The average Bonchev–Trinajstić information content (AvgIpc) is 2.18. The fourth-order valence-electron chi connectivity index (χ4n) is 2.42. The molecule has 1 aliphatic heterocycles. The second-order valence-electron chi connectivity index (χ2n) is 6.19. The number of nitrogens with one attached hydrogen (secondary N) is 1. The first-order valence-corrected chi connectivity index (χ1v) is 6.47. The second-order valence-corrected chi connectivity index (χ2v) is 6.19. The molecule has 17 heavy (non-hydrogen) atoms. The number of amides is 1. The number of carbonyl (C=O) groups excluding carboxylic acids is 1. The van der Waals surface area contributed by atoms with Crippen LogP contribution in [0.4, 0.5) is 0 Å². The van der Waals surface area contributed by atoms with Crippen molar-refractivity contribution >= 4 is 5.91 Å². The molecule has 0 aliphatic carbocycles. The van der Waals surface area contributed by atoms with Crippen molar-refractivity contribution in [1.29, 1.82) is 0 Å². The number of rotatable bonds is 4. The molecule has 0 aromatic rings. The van der Waals surface area contributed by atoms with Crippen molar-refractivity contribution in [2.75, 3.05) is 20.1 Å². The molecule has 0 spiro atoms. The fraction of sp³-hybridized carbons (Fsp3) is 0.923. The van der Waals surface area contributed by atoms with E-state index in [-0.39, 0.29) is 17.4 Å². The average molecular weight is 242 g/mol. The summed E-state index contributed by atoms with van der Waals surface area (Å²) in [4.78, 5) is 13.8. The molecule has 0 bridgehead atoms. The summed E-state index contributed by atoms with van der Waals surface area (Å²) < 4.78 is 0. The van der Waals surface area contributed by atoms with Crippen LogP contribution in [0.2, 0.25) is 0 Å². The lowest BCUT2D eigenvalue weighted by molar-refractivity contribution is -0.137. The Bertz CT molecular complexity index is 261. The van der Waals surface area contributed by atoms with Crippen LogP contribution in [-0.4, -0.2) is 48.2 Å². The molecule has 1 saturated heterocycles. The molecule has 100 valence electrons. The lowest BCUT2D eigenvalue weighted by atomic mass is 9.89. The van der Waals surface area contributed by atoms with E-state index in [2.05, 4.69) is 26.1 Å². The van der Waals surface area contributed by atoms with Crippen molar-refractivity contribution in [3.8, 4) is 0 Å². The molecule has 4 nitrogen and oxygen atoms in total. The summed E-state index contributed by atoms with van der Waals surface area (Å²) in [7, 11) is 1.82. The summed E-state index contributed by atoms with van der Waals surface area (Å²) in [5.41, 5.74) is 0.0979. The number of hydrogen-bond acceptors (Lipinski definition) is 3. The van der Waals surface area contributed by atoms with Crippen LogP contribution < -0.4 is 5.32 Å². The quantitative estimate of drug-likeness (QED) is 0.773. The van der Waals surface area contributed by atoms with E-state index in [1.54, 1.807) is 4.90 Å². The van der Waals surface area contributed by atoms with Gasteiger partial charge in [0.25, 0.3) is 0 Å². The van der Waals surface area contributed by atoms with Crippen molar-refractivity contribution in [2.45, 2.75) is 52.2 Å². The predicted octanol–water partition coefficient (Wildman–Crippen LogP) is 0.994. The van der Waals surface area contributed by atoms with Crippen LogP contribution in [0.15, 0.2) is 0 Å². The standard InChI is InChI=1S/C13H26N2O2/c1-13(2,3)8-10(16)9-15-7-5-6-11(14-4)12(15)17/h10-11,14,16H,5-9H2,1-4H3. The molecule has 0 saturated carbocycles. The predicted molar refractivity (Wildman–Crippen MR) is 68.7 cm³/mol. The van der Waals surface area contributed by atoms with Gasteiger partial charge < -0.3 is 15.3 Å². The number of aliphatic hydroxyl groups is 1. The van der Waals surface area contributed by atoms with E-state index in [0.717, 1.165) is 25.8 Å². The minimum absolute atomic E-state index is 0.0643. The maximum absolute atomic E-state index is 12.0. The van der Waals surface area contributed by atoms with Crippen molar-refractivity contribution < 1.29 is 9.90 Å². The number of aliphatic hydroxyl groups excluding tert-OH is 1. The first kappa shape index (κ1) is 14.5. The highest BCUT2D eigenvalue weighted by Crippen LogP contribution is 2.22. The van der Waals surface area contributed by atoms with Crippen LogP contribution in [0.5, 0.6) is 0 Å². The van der Waals surface area contributed by atoms with E-state index in [0.29, 0.717) is 6.54 Å². The summed E-state index contributed by atoms with van der Waals surface area (Å²) in [5.74, 6) is 0.131. The van der Waals surface area contributed by atoms with Gasteiger partial charge >= 0.3 is 0 Å². The van der Waals surface area contributed by atoms with E-state index in [9.17, 15) is 9.90 Å². The van der Waals surface area contributed by atoms with Gasteiger partial charge in [0.1, 0.15) is 0 Å². The molecule has 1 rings (SSSR count). The normalized spacial score (nSPS) is 23.9. The van der Waals surface area contributed by atoms with Gasteiger partial charge in [-0.1, -0.05) is 20.8 Å². The number of nitrogens with zero attached hydrogens (tertiary/aromatic N) is 1. The van der Waals surface area contributed by atoms with Crippen LogP contribution in [0.1, 0.15) is 40.0 Å². The van der Waals surface area contributed by atoms with Gasteiger partial charge in [-0.25, -0.2) is 0 Å². The maximum Gasteiger partial charge on any atom is 0.239 e. The molecule has 1 aliphatic rings. The zero-order chi connectivity index (χ0) is 13.1. The van der Waals surface area contributed by atoms with Crippen molar-refractivity contribution in [3.63, 3.8) is 0 Å². The molecule has 1 heterocycles. The molecule has 0 radical (unpaired) electrons. The van der Waals surface area contributed by atoms with Crippen molar-refractivity contribution in [2.24, 2.45) is 5.41 Å². The summed E-state index contributed by atoms with van der Waals surface area (Å²) in [6, 6.07) is -0.0643. The molecule has 1 amide bonds. The molecule has 2 N–H and O–H groups in total. The Balaban J connectivity index is 2.47. The van der Waals surface area contributed by atoms with Gasteiger partial charge in [0.15, 0.2) is 0 Å². The van der Waals surface area contributed by atoms with Gasteiger partial charge in [-0.3, -0.25) is 4.79 Å². The highest BCUT2D eigenvalue weighted by atomic mass is 16.3. The van der Waals surface area contributed by atoms with Gasteiger partial charge in [-0.2, -0.15) is 0 Å². The first-order chi connectivity index (χ1) is 7.83. The minimum atomic E-state index is -0.422. The Hall–Kier alpha value is -0.610. The van der Waals surface area contributed by atoms with Crippen LogP contribution >= 0.6 is 0 Å². The molecule has 1 fully saturated rings. The summed E-state index contributed by atoms with van der Waals surface area (Å²) in [5, 5.41) is 13.0. The van der Waals surface area contributed by atoms with Crippen molar-refractivity contribution in [1.82, 2.24) is 10.2 Å². The Morgan fingerprint density at radius 1 is 1.53 bits per heavy atom. The number of β-amino-alcohol motifs (C(OH)–C–C–N with tert-alkyl or cyclic N) is 1. The molecule has 0 aromatic carbocycles. The first-order valence-electron chi connectivity index (χ1n) is 6.47. The van der Waals surface area contributed by atoms with Gasteiger partial charge in [0.2, 0.25) is 5.91 Å². The molecule has 2 unspecified atom stereocenters. The van der Waals surface area contributed by atoms with Crippen LogP contribution in [0.25, 0.3) is 0 Å². The Morgan fingerprint density at radius 2 is 2.18 bits per heavy atom. The van der Waals surface area contributed by atoms with Gasteiger partial charge in [-0.15, -0.1) is 0 Å². The third-order valence-corrected chi connectivity index (χ3v) is 3.16. The molecular formula is C13H26N2O2. The maximum atomic E-state index is 12.0. The van der Waals surface area contributed by atoms with E-state index in [1.807, 2.05) is 7.05 Å².